The quantitative estimate of drug-likeness (QED) is 0.640. The lowest BCUT2D eigenvalue weighted by atomic mass is 10.2. The van der Waals surface area contributed by atoms with Crippen LogP contribution in [0.4, 0.5) is 11.4 Å². The van der Waals surface area contributed by atoms with E-state index in [9.17, 15) is 14.9 Å². The molecule has 2 rings (SSSR count). The molecule has 0 fully saturated rings. The molecule has 6 nitrogen and oxygen atoms in total. The van der Waals surface area contributed by atoms with Gasteiger partial charge in [-0.25, -0.2) is 0 Å². The normalized spacial score (nSPS) is 11.6. The molecular weight excluding hydrogens is 343 g/mol. The third kappa shape index (κ3) is 4.84. The number of anilines is 1. The largest absolute Gasteiger partial charge is 0.481 e. The van der Waals surface area contributed by atoms with E-state index in [0.29, 0.717) is 15.7 Å². The number of nitro benzene ring substituents is 1. The standard InChI is InChI=1S/C15H12Cl2N2O4/c1-9(23-14-4-2-3-13(8-14)19(21)22)15(20)18-12-6-10(16)5-11(17)7-12/h2-9H,1H3,(H,18,20)/t9-/m1/s1. The maximum absolute atomic E-state index is 12.1. The average Bonchev–Trinajstić information content (AvgIpc) is 2.46. The lowest BCUT2D eigenvalue weighted by molar-refractivity contribution is -0.384. The molecule has 0 saturated heterocycles. The zero-order valence-electron chi connectivity index (χ0n) is 12.0. The number of hydrogen-bond donors (Lipinski definition) is 1. The van der Waals surface area contributed by atoms with E-state index in [2.05, 4.69) is 5.32 Å². The van der Waals surface area contributed by atoms with E-state index in [-0.39, 0.29) is 11.4 Å². The van der Waals surface area contributed by atoms with Crippen LogP contribution in [0.25, 0.3) is 0 Å². The van der Waals surface area contributed by atoms with E-state index < -0.39 is 16.9 Å². The van der Waals surface area contributed by atoms with Crippen molar-refractivity contribution in [2.75, 3.05) is 5.32 Å². The Balaban J connectivity index is 2.05. The number of carbonyl (C=O) groups excluding carboxylic acids is 1. The van der Waals surface area contributed by atoms with Crippen molar-refractivity contribution in [2.45, 2.75) is 13.0 Å². The number of nitro groups is 1. The highest BCUT2D eigenvalue weighted by molar-refractivity contribution is 6.35. The monoisotopic (exact) mass is 354 g/mol. The molecule has 2 aromatic rings. The van der Waals surface area contributed by atoms with Crippen molar-refractivity contribution in [3.8, 4) is 5.75 Å². The minimum Gasteiger partial charge on any atom is -0.481 e. The van der Waals surface area contributed by atoms with Gasteiger partial charge in [-0.3, -0.25) is 14.9 Å². The average molecular weight is 355 g/mol. The summed E-state index contributed by atoms with van der Waals surface area (Å²) in [4.78, 5) is 22.3. The predicted molar refractivity (Wildman–Crippen MR) is 88.3 cm³/mol. The van der Waals surface area contributed by atoms with Crippen LogP contribution in [0.15, 0.2) is 42.5 Å². The zero-order chi connectivity index (χ0) is 17.0. The molecule has 120 valence electrons. The molecule has 0 aliphatic heterocycles. The number of non-ortho nitro benzene ring substituents is 1. The van der Waals surface area contributed by atoms with Crippen molar-refractivity contribution in [1.29, 1.82) is 0 Å². The van der Waals surface area contributed by atoms with E-state index in [1.807, 2.05) is 0 Å². The van der Waals surface area contributed by atoms with E-state index in [0.717, 1.165) is 0 Å². The Labute approximate surface area is 142 Å². The van der Waals surface area contributed by atoms with Crippen molar-refractivity contribution >= 4 is 40.5 Å². The summed E-state index contributed by atoms with van der Waals surface area (Å²) in [6.45, 7) is 1.53. The van der Waals surface area contributed by atoms with E-state index in [4.69, 9.17) is 27.9 Å². The van der Waals surface area contributed by atoms with Gasteiger partial charge in [0.25, 0.3) is 11.6 Å². The third-order valence-electron chi connectivity index (χ3n) is 2.84. The highest BCUT2D eigenvalue weighted by Gasteiger charge is 2.16. The number of amides is 1. The first-order valence-corrected chi connectivity index (χ1v) is 7.29. The Morgan fingerprint density at radius 1 is 1.22 bits per heavy atom. The fourth-order valence-corrected chi connectivity index (χ4v) is 2.32. The Morgan fingerprint density at radius 2 is 1.87 bits per heavy atom. The summed E-state index contributed by atoms with van der Waals surface area (Å²) < 4.78 is 5.42. The maximum Gasteiger partial charge on any atom is 0.273 e. The molecule has 0 aliphatic carbocycles. The van der Waals surface area contributed by atoms with Crippen LogP contribution >= 0.6 is 23.2 Å². The number of rotatable bonds is 5. The molecule has 0 spiro atoms. The van der Waals surface area contributed by atoms with Gasteiger partial charge in [-0.1, -0.05) is 29.3 Å². The molecule has 0 radical (unpaired) electrons. The van der Waals surface area contributed by atoms with Gasteiger partial charge in [0, 0.05) is 21.8 Å². The second-order valence-corrected chi connectivity index (χ2v) is 5.53. The van der Waals surface area contributed by atoms with Crippen LogP contribution in [0.3, 0.4) is 0 Å². The number of ether oxygens (including phenoxy) is 1. The number of nitrogens with one attached hydrogen (secondary N) is 1. The zero-order valence-corrected chi connectivity index (χ0v) is 13.5. The Morgan fingerprint density at radius 3 is 2.48 bits per heavy atom. The summed E-state index contributed by atoms with van der Waals surface area (Å²) in [6.07, 6.45) is -0.866. The van der Waals surface area contributed by atoms with Gasteiger partial charge in [0.2, 0.25) is 0 Å². The molecular formula is C15H12Cl2N2O4. The van der Waals surface area contributed by atoms with Crippen molar-refractivity contribution in [2.24, 2.45) is 0 Å². The predicted octanol–water partition coefficient (Wildman–Crippen LogP) is 4.31. The van der Waals surface area contributed by atoms with Crippen molar-refractivity contribution < 1.29 is 14.5 Å². The Hall–Kier alpha value is -2.31. The smallest absolute Gasteiger partial charge is 0.273 e. The number of carbonyl (C=O) groups is 1. The first-order chi connectivity index (χ1) is 10.8. The lowest BCUT2D eigenvalue weighted by Gasteiger charge is -2.15. The van der Waals surface area contributed by atoms with Crippen LogP contribution in [0.2, 0.25) is 10.0 Å². The second kappa shape index (κ2) is 7.30. The molecule has 0 heterocycles. The topological polar surface area (TPSA) is 81.5 Å². The molecule has 23 heavy (non-hydrogen) atoms. The number of benzene rings is 2. The fraction of sp³-hybridized carbons (Fsp3) is 0.133. The molecule has 0 aliphatic rings. The minimum atomic E-state index is -0.866. The van der Waals surface area contributed by atoms with Gasteiger partial charge in [0.05, 0.1) is 11.0 Å². The van der Waals surface area contributed by atoms with E-state index >= 15 is 0 Å². The van der Waals surface area contributed by atoms with Crippen LogP contribution in [-0.4, -0.2) is 16.9 Å². The summed E-state index contributed by atoms with van der Waals surface area (Å²) >= 11 is 11.7. The highest BCUT2D eigenvalue weighted by Crippen LogP contribution is 2.23. The number of nitrogens with zero attached hydrogens (tertiary/aromatic N) is 1. The fourth-order valence-electron chi connectivity index (χ4n) is 1.80. The van der Waals surface area contributed by atoms with Gasteiger partial charge in [-0.2, -0.15) is 0 Å². The van der Waals surface area contributed by atoms with Crippen molar-refractivity contribution in [3.05, 3.63) is 62.6 Å². The number of halogens is 2. The van der Waals surface area contributed by atoms with E-state index in [1.54, 1.807) is 18.2 Å². The van der Waals surface area contributed by atoms with Crippen LogP contribution < -0.4 is 10.1 Å². The van der Waals surface area contributed by atoms with Gasteiger partial charge in [-0.15, -0.1) is 0 Å². The van der Waals surface area contributed by atoms with Crippen LogP contribution in [-0.2, 0) is 4.79 Å². The van der Waals surface area contributed by atoms with Crippen LogP contribution in [0.1, 0.15) is 6.92 Å². The van der Waals surface area contributed by atoms with Crippen molar-refractivity contribution in [3.63, 3.8) is 0 Å². The third-order valence-corrected chi connectivity index (χ3v) is 3.28. The minimum absolute atomic E-state index is 0.114. The summed E-state index contributed by atoms with van der Waals surface area (Å²) in [5.74, 6) is -0.208. The first-order valence-electron chi connectivity index (χ1n) is 6.53. The summed E-state index contributed by atoms with van der Waals surface area (Å²) in [5, 5.41) is 14.1. The van der Waals surface area contributed by atoms with Gasteiger partial charge >= 0.3 is 0 Å². The van der Waals surface area contributed by atoms with Crippen LogP contribution in [0, 0.1) is 10.1 Å². The molecule has 2 aromatic carbocycles. The summed E-state index contributed by atoms with van der Waals surface area (Å²) in [6, 6.07) is 10.2. The SMILES string of the molecule is C[C@@H](Oc1cccc([N+](=O)[O-])c1)C(=O)Nc1cc(Cl)cc(Cl)c1. The molecule has 8 heteroatoms. The van der Waals surface area contributed by atoms with E-state index in [1.165, 1.54) is 31.2 Å². The molecule has 1 atom stereocenters. The molecule has 0 aromatic heterocycles. The summed E-state index contributed by atoms with van der Waals surface area (Å²) in [7, 11) is 0. The molecule has 0 bridgehead atoms. The molecule has 0 saturated carbocycles. The first kappa shape index (κ1) is 17.1. The second-order valence-electron chi connectivity index (χ2n) is 4.66. The van der Waals surface area contributed by atoms with Gasteiger partial charge in [0.15, 0.2) is 6.10 Å². The van der Waals surface area contributed by atoms with Crippen LogP contribution in [0.5, 0.6) is 5.75 Å². The number of hydrogen-bond acceptors (Lipinski definition) is 4. The van der Waals surface area contributed by atoms with Gasteiger partial charge < -0.3 is 10.1 Å². The molecule has 0 unspecified atom stereocenters. The van der Waals surface area contributed by atoms with Gasteiger partial charge in [-0.05, 0) is 31.2 Å². The van der Waals surface area contributed by atoms with Gasteiger partial charge in [0.1, 0.15) is 5.75 Å². The Bertz CT molecular complexity index is 732. The Kier molecular flexibility index (Phi) is 5.41. The molecule has 1 N–H and O–H groups in total. The maximum atomic E-state index is 12.1. The van der Waals surface area contributed by atoms with Crippen molar-refractivity contribution in [1.82, 2.24) is 0 Å². The lowest BCUT2D eigenvalue weighted by Crippen LogP contribution is -2.30. The highest BCUT2D eigenvalue weighted by atomic mass is 35.5. The molecule has 1 amide bonds. The summed E-state index contributed by atoms with van der Waals surface area (Å²) in [5.41, 5.74) is 0.318.